The van der Waals surface area contributed by atoms with E-state index in [-0.39, 0.29) is 0 Å². The summed E-state index contributed by atoms with van der Waals surface area (Å²) in [4.78, 5) is 4.32. The highest BCUT2D eigenvalue weighted by atomic mass is 32.2. The summed E-state index contributed by atoms with van der Waals surface area (Å²) in [6.45, 7) is 2.92. The van der Waals surface area contributed by atoms with Crippen LogP contribution in [0.5, 0.6) is 0 Å². The third-order valence-electron chi connectivity index (χ3n) is 2.16. The zero-order chi connectivity index (χ0) is 11.1. The van der Waals surface area contributed by atoms with E-state index in [1.54, 1.807) is 7.11 Å². The van der Waals surface area contributed by atoms with Gasteiger partial charge in [-0.15, -0.1) is 11.8 Å². The predicted octanol–water partition coefficient (Wildman–Crippen LogP) is 3.57. The molecule has 1 heterocycles. The van der Waals surface area contributed by atoms with Crippen molar-refractivity contribution < 1.29 is 4.74 Å². The minimum atomic E-state index is 0.844. The zero-order valence-electron chi connectivity index (χ0n) is 9.21. The first-order valence-corrected chi connectivity index (χ1v) is 6.45. The second-order valence-corrected chi connectivity index (χ2v) is 4.89. The van der Waals surface area contributed by atoms with E-state index in [0.717, 1.165) is 23.4 Å². The van der Waals surface area contributed by atoms with Crippen LogP contribution in [-0.4, -0.2) is 24.5 Å². The van der Waals surface area contributed by atoms with Crippen molar-refractivity contribution >= 4 is 24.0 Å². The fourth-order valence-electron chi connectivity index (χ4n) is 1.23. The number of pyridine rings is 1. The summed E-state index contributed by atoms with van der Waals surface area (Å²) in [5.74, 6) is 1.13. The molecule has 1 N–H and O–H groups in total. The van der Waals surface area contributed by atoms with Crippen LogP contribution in [0.25, 0.3) is 0 Å². The molecule has 0 saturated carbocycles. The molecular weight excluding hydrogens is 226 g/mol. The lowest BCUT2D eigenvalue weighted by Crippen LogP contribution is -1.91. The number of nitrogens with one attached hydrogen (secondary N) is 1. The average molecular weight is 243 g/mol. The number of rotatable bonds is 6. The van der Waals surface area contributed by atoms with Crippen molar-refractivity contribution in [2.45, 2.75) is 24.7 Å². The van der Waals surface area contributed by atoms with Gasteiger partial charge >= 0.3 is 0 Å². The van der Waals surface area contributed by atoms with Crippen molar-refractivity contribution in [3.05, 3.63) is 22.5 Å². The normalized spacial score (nSPS) is 10.5. The summed E-state index contributed by atoms with van der Waals surface area (Å²) < 4.78 is 5.85. The highest BCUT2D eigenvalue weighted by Gasteiger charge is 1.99. The topological polar surface area (TPSA) is 25.0 Å². The van der Waals surface area contributed by atoms with E-state index in [0.29, 0.717) is 0 Å². The molecule has 2 nitrogen and oxygen atoms in total. The molecule has 0 unspecified atom stereocenters. The molecule has 0 saturated heterocycles. The second-order valence-electron chi connectivity index (χ2n) is 3.34. The number of aromatic nitrogens is 1. The summed E-state index contributed by atoms with van der Waals surface area (Å²) in [7, 11) is 1.74. The lowest BCUT2D eigenvalue weighted by atomic mass is 10.3. The van der Waals surface area contributed by atoms with Crippen LogP contribution in [-0.2, 0) is 4.74 Å². The first-order chi connectivity index (χ1) is 7.25. The highest BCUT2D eigenvalue weighted by molar-refractivity contribution is 7.99. The Labute approximate surface area is 100 Å². The Hall–Kier alpha value is -0.320. The number of unbranched alkanes of at least 4 members (excludes halogenated alkanes) is 1. The van der Waals surface area contributed by atoms with E-state index in [1.807, 2.05) is 18.0 Å². The van der Waals surface area contributed by atoms with Gasteiger partial charge in [0.2, 0.25) is 0 Å². The van der Waals surface area contributed by atoms with Gasteiger partial charge in [-0.05, 0) is 37.1 Å². The van der Waals surface area contributed by atoms with Gasteiger partial charge in [-0.3, -0.25) is 0 Å². The summed E-state index contributed by atoms with van der Waals surface area (Å²) in [6.07, 6.45) is 4.22. The molecule has 1 aromatic rings. The minimum absolute atomic E-state index is 0.844. The molecule has 0 radical (unpaired) electrons. The van der Waals surface area contributed by atoms with Crippen molar-refractivity contribution in [3.8, 4) is 0 Å². The number of H-pyrrole nitrogens is 1. The van der Waals surface area contributed by atoms with Crippen LogP contribution in [0.2, 0.25) is 0 Å². The van der Waals surface area contributed by atoms with E-state index in [1.165, 1.54) is 16.9 Å². The molecule has 0 aliphatic carbocycles. The van der Waals surface area contributed by atoms with E-state index in [4.69, 9.17) is 17.0 Å². The molecular formula is C11H17NOS2. The van der Waals surface area contributed by atoms with Crippen LogP contribution >= 0.6 is 24.0 Å². The van der Waals surface area contributed by atoms with Crippen molar-refractivity contribution in [1.82, 2.24) is 4.98 Å². The molecule has 1 aromatic heterocycles. The number of hydrogen-bond acceptors (Lipinski definition) is 3. The molecule has 15 heavy (non-hydrogen) atoms. The molecule has 0 amide bonds. The quantitative estimate of drug-likeness (QED) is 0.470. The number of thioether (sulfide) groups is 1. The fraction of sp³-hybridized carbons (Fsp3) is 0.545. The van der Waals surface area contributed by atoms with Crippen molar-refractivity contribution in [2.75, 3.05) is 19.5 Å². The van der Waals surface area contributed by atoms with Crippen LogP contribution in [0.1, 0.15) is 18.4 Å². The van der Waals surface area contributed by atoms with Gasteiger partial charge in [0, 0.05) is 24.8 Å². The molecule has 0 fully saturated rings. The zero-order valence-corrected chi connectivity index (χ0v) is 10.8. The first-order valence-electron chi connectivity index (χ1n) is 5.05. The van der Waals surface area contributed by atoms with Crippen molar-refractivity contribution in [3.63, 3.8) is 0 Å². The summed E-state index contributed by atoms with van der Waals surface area (Å²) in [5, 5.41) is 0. The third-order valence-corrected chi connectivity index (χ3v) is 3.83. The van der Waals surface area contributed by atoms with Crippen molar-refractivity contribution in [1.29, 1.82) is 0 Å². The maximum atomic E-state index is 5.17. The van der Waals surface area contributed by atoms with Gasteiger partial charge in [-0.25, -0.2) is 0 Å². The highest BCUT2D eigenvalue weighted by Crippen LogP contribution is 2.22. The van der Waals surface area contributed by atoms with Gasteiger partial charge in [-0.1, -0.05) is 12.2 Å². The maximum Gasteiger partial charge on any atom is 0.107 e. The van der Waals surface area contributed by atoms with Gasteiger partial charge in [0.15, 0.2) is 0 Å². The molecule has 0 bridgehead atoms. The predicted molar refractivity (Wildman–Crippen MR) is 68.2 cm³/mol. The van der Waals surface area contributed by atoms with Crippen LogP contribution in [0.3, 0.4) is 0 Å². The molecule has 1 rings (SSSR count). The van der Waals surface area contributed by atoms with Crippen molar-refractivity contribution in [2.24, 2.45) is 0 Å². The van der Waals surface area contributed by atoms with Crippen LogP contribution < -0.4 is 0 Å². The van der Waals surface area contributed by atoms with Gasteiger partial charge in [0.05, 0.1) is 0 Å². The van der Waals surface area contributed by atoms with E-state index >= 15 is 0 Å². The average Bonchev–Trinajstić information content (AvgIpc) is 2.24. The smallest absolute Gasteiger partial charge is 0.107 e. The molecule has 0 aliphatic heterocycles. The summed E-state index contributed by atoms with van der Waals surface area (Å²) in [6, 6.07) is 2.09. The van der Waals surface area contributed by atoms with E-state index < -0.39 is 0 Å². The lowest BCUT2D eigenvalue weighted by molar-refractivity contribution is 0.194. The van der Waals surface area contributed by atoms with E-state index in [9.17, 15) is 0 Å². The number of methoxy groups -OCH3 is 1. The third kappa shape index (κ3) is 4.36. The molecule has 0 aromatic carbocycles. The number of hydrogen-bond donors (Lipinski definition) is 1. The van der Waals surface area contributed by atoms with Gasteiger partial charge in [-0.2, -0.15) is 0 Å². The van der Waals surface area contributed by atoms with Gasteiger partial charge in [0.1, 0.15) is 4.64 Å². The SMILES string of the molecule is COCCCCSc1cc[nH]c(=S)c1C. The van der Waals surface area contributed by atoms with Crippen LogP contribution in [0.4, 0.5) is 0 Å². The second kappa shape index (κ2) is 7.04. The lowest BCUT2D eigenvalue weighted by Gasteiger charge is -2.04. The van der Waals surface area contributed by atoms with Crippen LogP contribution in [0, 0.1) is 11.6 Å². The standard InChI is InChI=1S/C11H17NOS2/c1-9-10(5-6-12-11(9)14)15-8-4-3-7-13-2/h5-6H,3-4,7-8H2,1-2H3,(H,12,14). The van der Waals surface area contributed by atoms with Gasteiger partial charge in [0.25, 0.3) is 0 Å². The largest absolute Gasteiger partial charge is 0.385 e. The Kier molecular flexibility index (Phi) is 5.98. The molecule has 0 atom stereocenters. The maximum absolute atomic E-state index is 5.17. The summed E-state index contributed by atoms with van der Waals surface area (Å²) in [5.41, 5.74) is 1.18. The molecule has 0 aliphatic rings. The molecule has 4 heteroatoms. The molecule has 84 valence electrons. The first kappa shape index (κ1) is 12.7. The Bertz CT molecular complexity index is 349. The number of ether oxygens (including phenoxy) is 1. The fourth-order valence-corrected chi connectivity index (χ4v) is 2.52. The number of aromatic amines is 1. The Morgan fingerprint density at radius 1 is 1.47 bits per heavy atom. The Morgan fingerprint density at radius 2 is 2.27 bits per heavy atom. The summed E-state index contributed by atoms with van der Waals surface area (Å²) >= 11 is 7.04. The molecule has 0 spiro atoms. The van der Waals surface area contributed by atoms with Crippen LogP contribution in [0.15, 0.2) is 17.2 Å². The van der Waals surface area contributed by atoms with E-state index in [2.05, 4.69) is 18.0 Å². The van der Waals surface area contributed by atoms with Gasteiger partial charge < -0.3 is 9.72 Å². The Morgan fingerprint density at radius 3 is 3.00 bits per heavy atom. The minimum Gasteiger partial charge on any atom is -0.385 e. The Balaban J connectivity index is 2.38. The monoisotopic (exact) mass is 243 g/mol.